The summed E-state index contributed by atoms with van der Waals surface area (Å²) in [5.41, 5.74) is -2.05. The topological polar surface area (TPSA) is 122 Å². The lowest BCUT2D eigenvalue weighted by atomic mass is 10.1. The molecule has 0 saturated carbocycles. The van der Waals surface area contributed by atoms with Gasteiger partial charge in [0.2, 0.25) is 10.0 Å². The van der Waals surface area contributed by atoms with Gasteiger partial charge in [-0.05, 0) is 63.8 Å². The van der Waals surface area contributed by atoms with Crippen LogP contribution in [0, 0.1) is 0 Å². The van der Waals surface area contributed by atoms with Crippen LogP contribution < -0.4 is 15.0 Å². The highest BCUT2D eigenvalue weighted by molar-refractivity contribution is 7.89. The van der Waals surface area contributed by atoms with Crippen molar-refractivity contribution < 1.29 is 25.5 Å². The summed E-state index contributed by atoms with van der Waals surface area (Å²) in [6, 6.07) is 3.28. The van der Waals surface area contributed by atoms with Crippen LogP contribution in [0.5, 0.6) is 5.75 Å². The zero-order valence-corrected chi connectivity index (χ0v) is 21.0. The first-order chi connectivity index (χ1) is 20.8. The van der Waals surface area contributed by atoms with Crippen molar-refractivity contribution in [3.05, 3.63) is 34.2 Å². The number of benzene rings is 1. The van der Waals surface area contributed by atoms with Crippen molar-refractivity contribution >= 4 is 21.1 Å². The van der Waals surface area contributed by atoms with Gasteiger partial charge in [-0.25, -0.2) is 18.1 Å². The summed E-state index contributed by atoms with van der Waals surface area (Å²) in [5, 5.41) is 3.92. The lowest BCUT2D eigenvalue weighted by Crippen LogP contribution is -2.31. The quantitative estimate of drug-likeness (QED) is 0.395. The number of nitrogens with one attached hydrogen (secondary N) is 2. The Morgan fingerprint density at radius 1 is 1.31 bits per heavy atom. The minimum absolute atomic E-state index is 0.0147. The highest BCUT2D eigenvalue weighted by atomic mass is 32.2. The molecule has 2 atom stereocenters. The minimum atomic E-state index is -4.35. The summed E-state index contributed by atoms with van der Waals surface area (Å²) in [6.45, 7) is -2.71. The third-order valence-corrected chi connectivity index (χ3v) is 7.21. The summed E-state index contributed by atoms with van der Waals surface area (Å²) in [4.78, 5) is 21.2. The van der Waals surface area contributed by atoms with E-state index in [4.69, 9.17) is 17.1 Å². The first-order valence-corrected chi connectivity index (χ1v) is 13.3. The summed E-state index contributed by atoms with van der Waals surface area (Å²) >= 11 is 0. The van der Waals surface area contributed by atoms with Crippen LogP contribution in [0.25, 0.3) is 22.4 Å². The lowest BCUT2D eigenvalue weighted by Gasteiger charge is -2.19. The molecule has 1 aromatic carbocycles. The molecule has 2 N–H and O–H groups in total. The van der Waals surface area contributed by atoms with Gasteiger partial charge in [-0.1, -0.05) is 20.3 Å². The first-order valence-electron chi connectivity index (χ1n) is 16.4. The SMILES string of the molecule is [2H]C(CC1CCCN1C([2H])([2H])[2H])NS(=O)(=O)c1ccc(OCCC)c(-c2nc3c(C([2H])([2H])CC)nn(C([2H])([2H])[2H])c3c(=O)[nH]2)c1. The van der Waals surface area contributed by atoms with Crippen molar-refractivity contribution in [3.63, 3.8) is 0 Å². The van der Waals surface area contributed by atoms with Crippen molar-refractivity contribution in [2.75, 3.05) is 26.6 Å². The van der Waals surface area contributed by atoms with Crippen LogP contribution in [0.2, 0.25) is 0 Å². The molecule has 2 unspecified atom stereocenters. The molecular weight excluding hydrogens is 480 g/mol. The maximum Gasteiger partial charge on any atom is 0.277 e. The van der Waals surface area contributed by atoms with Crippen LogP contribution in [0.1, 0.15) is 64.0 Å². The summed E-state index contributed by atoms with van der Waals surface area (Å²) in [7, 11) is -4.35. The van der Waals surface area contributed by atoms with E-state index in [1.807, 2.05) is 6.92 Å². The Labute approximate surface area is 224 Å². The number of likely N-dealkylation sites (tertiary alicyclic amines) is 1. The van der Waals surface area contributed by atoms with E-state index in [1.54, 1.807) is 0 Å². The van der Waals surface area contributed by atoms with E-state index in [2.05, 4.69) is 19.8 Å². The smallest absolute Gasteiger partial charge is 0.277 e. The van der Waals surface area contributed by atoms with Crippen LogP contribution in [0.4, 0.5) is 0 Å². The number of fused-ring (bicyclic) bond motifs is 1. The second kappa shape index (κ2) is 11.1. The van der Waals surface area contributed by atoms with Gasteiger partial charge in [0.05, 0.1) is 22.8 Å². The highest BCUT2D eigenvalue weighted by Gasteiger charge is 2.23. The van der Waals surface area contributed by atoms with E-state index >= 15 is 0 Å². The second-order valence-electron chi connectivity index (χ2n) is 8.46. The number of ether oxygens (including phenoxy) is 1. The number of aromatic amines is 1. The Kier molecular flexibility index (Phi) is 5.21. The maximum absolute atomic E-state index is 13.4. The van der Waals surface area contributed by atoms with Crippen LogP contribution in [-0.4, -0.2) is 65.8 Å². The van der Waals surface area contributed by atoms with E-state index in [0.717, 1.165) is 0 Å². The molecule has 2 aromatic heterocycles. The number of aromatic nitrogens is 4. The molecule has 1 aliphatic rings. The van der Waals surface area contributed by atoms with Gasteiger partial charge in [-0.15, -0.1) is 0 Å². The fourth-order valence-corrected chi connectivity index (χ4v) is 5.05. The molecule has 0 spiro atoms. The Bertz CT molecular complexity index is 1710. The average Bonchev–Trinajstić information content (AvgIpc) is 3.57. The molecule has 0 aliphatic carbocycles. The molecule has 196 valence electrons. The van der Waals surface area contributed by atoms with E-state index in [0.29, 0.717) is 30.5 Å². The molecule has 0 radical (unpaired) electrons. The number of nitrogens with zero attached hydrogens (tertiary/aromatic N) is 4. The van der Waals surface area contributed by atoms with Crippen LogP contribution in [0.3, 0.4) is 0 Å². The number of aryl methyl sites for hydroxylation is 2. The van der Waals surface area contributed by atoms with Gasteiger partial charge in [-0.3, -0.25) is 9.48 Å². The predicted octanol–water partition coefficient (Wildman–Crippen LogP) is 2.83. The molecule has 3 aromatic rings. The van der Waals surface area contributed by atoms with E-state index in [-0.39, 0.29) is 52.7 Å². The van der Waals surface area contributed by atoms with Gasteiger partial charge in [0.25, 0.3) is 5.56 Å². The molecular formula is C25H36N6O4S. The number of H-pyrrole nitrogens is 1. The molecule has 1 fully saturated rings. The Hall–Kier alpha value is -2.76. The molecule has 1 aliphatic heterocycles. The van der Waals surface area contributed by atoms with Crippen molar-refractivity contribution in [2.45, 2.75) is 63.3 Å². The molecule has 1 saturated heterocycles. The summed E-state index contributed by atoms with van der Waals surface area (Å²) < 4.78 is 107. The normalized spacial score (nSPS) is 22.4. The zero-order valence-electron chi connectivity index (χ0n) is 29.2. The van der Waals surface area contributed by atoms with Crippen molar-refractivity contribution in [2.24, 2.45) is 6.98 Å². The fraction of sp³-hybridized carbons (Fsp3) is 0.560. The number of rotatable bonds is 11. The zero-order chi connectivity index (χ0) is 33.5. The highest BCUT2D eigenvalue weighted by Crippen LogP contribution is 2.31. The van der Waals surface area contributed by atoms with E-state index in [1.165, 1.54) is 30.0 Å². The van der Waals surface area contributed by atoms with E-state index < -0.39 is 54.0 Å². The largest absolute Gasteiger partial charge is 0.493 e. The predicted molar refractivity (Wildman–Crippen MR) is 140 cm³/mol. The van der Waals surface area contributed by atoms with Gasteiger partial charge in [0.1, 0.15) is 17.1 Å². The average molecular weight is 526 g/mol. The molecule has 10 nitrogen and oxygen atoms in total. The molecule has 36 heavy (non-hydrogen) atoms. The summed E-state index contributed by atoms with van der Waals surface area (Å²) in [5.74, 6) is -0.0705. The molecule has 0 amide bonds. The Morgan fingerprint density at radius 2 is 2.17 bits per heavy atom. The number of sulfonamides is 1. The van der Waals surface area contributed by atoms with Gasteiger partial charge in [0.15, 0.2) is 5.52 Å². The fourth-order valence-electron chi connectivity index (χ4n) is 4.08. The molecule has 11 heteroatoms. The van der Waals surface area contributed by atoms with Gasteiger partial charge < -0.3 is 14.6 Å². The van der Waals surface area contributed by atoms with Crippen molar-refractivity contribution in [3.8, 4) is 17.1 Å². The Balaban J connectivity index is 1.79. The Morgan fingerprint density at radius 3 is 2.92 bits per heavy atom. The van der Waals surface area contributed by atoms with Crippen molar-refractivity contribution in [1.82, 2.24) is 29.4 Å². The summed E-state index contributed by atoms with van der Waals surface area (Å²) in [6.07, 6.45) is -0.586. The van der Waals surface area contributed by atoms with Crippen LogP contribution >= 0.6 is 0 Å². The van der Waals surface area contributed by atoms with Gasteiger partial charge in [-0.2, -0.15) is 5.10 Å². The second-order valence-corrected chi connectivity index (χ2v) is 10.2. The van der Waals surface area contributed by atoms with Gasteiger partial charge in [0, 0.05) is 31.9 Å². The van der Waals surface area contributed by atoms with Crippen molar-refractivity contribution in [1.29, 1.82) is 0 Å². The number of hydrogen-bond donors (Lipinski definition) is 2. The lowest BCUT2D eigenvalue weighted by molar-refractivity contribution is 0.297. The standard InChI is InChI=1S/C25H36N6O4S/c1-5-8-20-22-23(31(4)29-20)25(32)28-24(27-22)19-16-18(10-11-21(19)35-15-6-2)36(33,34)26-13-12-17-9-7-14-30(17)3/h10-11,16-17,26H,5-9,12-15H2,1-4H3,(H,27,28,32)/i3D3,4D3,8D2,13D. The third kappa shape index (κ3) is 5.47. The minimum Gasteiger partial charge on any atom is -0.493 e. The molecule has 4 rings (SSSR count). The number of hydrogen-bond acceptors (Lipinski definition) is 7. The molecule has 3 heterocycles. The third-order valence-electron chi connectivity index (χ3n) is 5.86. The van der Waals surface area contributed by atoms with Crippen LogP contribution in [-0.2, 0) is 23.4 Å². The van der Waals surface area contributed by atoms with Gasteiger partial charge >= 0.3 is 0 Å². The maximum atomic E-state index is 13.4. The first kappa shape index (κ1) is 16.9. The van der Waals surface area contributed by atoms with Crippen LogP contribution in [0.15, 0.2) is 27.9 Å². The molecule has 0 bridgehead atoms. The monoisotopic (exact) mass is 525 g/mol. The van der Waals surface area contributed by atoms with E-state index in [9.17, 15) is 13.2 Å².